The Bertz CT molecular complexity index is 1030. The Kier molecular flexibility index (Phi) is 5.28. The normalized spacial score (nSPS) is 11.3. The number of nitro benzene ring substituents is 1. The Balaban J connectivity index is 1.71. The maximum absolute atomic E-state index is 12.2. The molecule has 0 spiro atoms. The van der Waals surface area contributed by atoms with Crippen molar-refractivity contribution in [2.45, 2.75) is 6.92 Å². The van der Waals surface area contributed by atoms with E-state index in [1.165, 1.54) is 12.1 Å². The molecule has 2 N–H and O–H groups in total. The lowest BCUT2D eigenvalue weighted by Gasteiger charge is -2.01. The van der Waals surface area contributed by atoms with Crippen molar-refractivity contribution in [1.29, 1.82) is 0 Å². The number of hydrazone groups is 1. The molecule has 27 heavy (non-hydrogen) atoms. The molecule has 0 bridgehead atoms. The second kappa shape index (κ2) is 7.79. The van der Waals surface area contributed by atoms with Crippen molar-refractivity contribution in [2.24, 2.45) is 5.10 Å². The zero-order valence-electron chi connectivity index (χ0n) is 14.1. The van der Waals surface area contributed by atoms with Crippen LogP contribution in [0.15, 0.2) is 59.7 Å². The van der Waals surface area contributed by atoms with Gasteiger partial charge in [0.1, 0.15) is 5.69 Å². The zero-order chi connectivity index (χ0) is 19.4. The van der Waals surface area contributed by atoms with Crippen molar-refractivity contribution in [1.82, 2.24) is 15.6 Å². The molecule has 9 heteroatoms. The van der Waals surface area contributed by atoms with Crippen LogP contribution in [-0.2, 0) is 0 Å². The Morgan fingerprint density at radius 3 is 2.59 bits per heavy atom. The van der Waals surface area contributed by atoms with Gasteiger partial charge in [-0.25, -0.2) is 5.43 Å². The number of aromatic amines is 1. The lowest BCUT2D eigenvalue weighted by atomic mass is 10.1. The van der Waals surface area contributed by atoms with E-state index < -0.39 is 10.8 Å². The highest BCUT2D eigenvalue weighted by molar-refractivity contribution is 6.33. The molecule has 0 saturated carbocycles. The molecule has 0 unspecified atom stereocenters. The van der Waals surface area contributed by atoms with E-state index in [9.17, 15) is 14.9 Å². The van der Waals surface area contributed by atoms with Crippen molar-refractivity contribution < 1.29 is 9.72 Å². The first-order valence-electron chi connectivity index (χ1n) is 7.85. The number of amides is 1. The number of halogens is 1. The standard InChI is InChI=1S/C18H14ClN5O3/c1-11(12-6-8-13(9-7-12)24(26)27)20-23-18(25)17-10-16(21-22-17)14-4-2-3-5-15(14)19/h2-10H,1H3,(H,21,22)(H,23,25). The fourth-order valence-corrected chi connectivity index (χ4v) is 2.56. The van der Waals surface area contributed by atoms with Gasteiger partial charge in [-0.05, 0) is 36.8 Å². The molecule has 0 saturated heterocycles. The number of rotatable bonds is 5. The van der Waals surface area contributed by atoms with Crippen LogP contribution >= 0.6 is 11.6 Å². The molecule has 3 aromatic rings. The van der Waals surface area contributed by atoms with Gasteiger partial charge < -0.3 is 0 Å². The molecular formula is C18H14ClN5O3. The van der Waals surface area contributed by atoms with E-state index >= 15 is 0 Å². The molecule has 0 radical (unpaired) electrons. The maximum Gasteiger partial charge on any atom is 0.289 e. The molecule has 0 aliphatic carbocycles. The van der Waals surface area contributed by atoms with Crippen LogP contribution in [0.25, 0.3) is 11.3 Å². The van der Waals surface area contributed by atoms with E-state index in [4.69, 9.17) is 11.6 Å². The molecule has 8 nitrogen and oxygen atoms in total. The van der Waals surface area contributed by atoms with Crippen LogP contribution < -0.4 is 5.43 Å². The summed E-state index contributed by atoms with van der Waals surface area (Å²) < 4.78 is 0. The quantitative estimate of drug-likeness (QED) is 0.396. The fraction of sp³-hybridized carbons (Fsp3) is 0.0556. The number of hydrogen-bond donors (Lipinski definition) is 2. The average Bonchev–Trinajstić information content (AvgIpc) is 3.16. The highest BCUT2D eigenvalue weighted by atomic mass is 35.5. The lowest BCUT2D eigenvalue weighted by Crippen LogP contribution is -2.19. The largest absolute Gasteiger partial charge is 0.289 e. The Morgan fingerprint density at radius 2 is 1.93 bits per heavy atom. The summed E-state index contributed by atoms with van der Waals surface area (Å²) in [5.74, 6) is -0.470. The van der Waals surface area contributed by atoms with Gasteiger partial charge in [0, 0.05) is 17.7 Å². The SMILES string of the molecule is CC(=NNC(=O)c1cc(-c2ccccc2Cl)n[nH]1)c1ccc([N+](=O)[O-])cc1. The van der Waals surface area contributed by atoms with Crippen LogP contribution in [-0.4, -0.2) is 26.7 Å². The molecule has 3 rings (SSSR count). The van der Waals surface area contributed by atoms with Gasteiger partial charge in [-0.15, -0.1) is 0 Å². The smallest absolute Gasteiger partial charge is 0.272 e. The Morgan fingerprint density at radius 1 is 1.22 bits per heavy atom. The van der Waals surface area contributed by atoms with Gasteiger partial charge in [-0.3, -0.25) is 20.0 Å². The number of carbonyl (C=O) groups excluding carboxylic acids is 1. The van der Waals surface area contributed by atoms with Crippen molar-refractivity contribution >= 4 is 28.9 Å². The summed E-state index contributed by atoms with van der Waals surface area (Å²) in [6.07, 6.45) is 0. The number of hydrogen-bond acceptors (Lipinski definition) is 5. The van der Waals surface area contributed by atoms with E-state index in [0.717, 1.165) is 0 Å². The predicted octanol–water partition coefficient (Wildman–Crippen LogP) is 3.79. The van der Waals surface area contributed by atoms with Gasteiger partial charge in [0.05, 0.1) is 21.4 Å². The highest BCUT2D eigenvalue weighted by Gasteiger charge is 2.12. The third-order valence-electron chi connectivity index (χ3n) is 3.79. The monoisotopic (exact) mass is 383 g/mol. The van der Waals surface area contributed by atoms with Crippen molar-refractivity contribution in [3.63, 3.8) is 0 Å². The summed E-state index contributed by atoms with van der Waals surface area (Å²) in [5, 5.41) is 22.0. The van der Waals surface area contributed by atoms with E-state index in [1.807, 2.05) is 12.1 Å². The Hall–Kier alpha value is -3.52. The van der Waals surface area contributed by atoms with Crippen molar-refractivity contribution in [3.05, 3.63) is 81.0 Å². The zero-order valence-corrected chi connectivity index (χ0v) is 14.9. The van der Waals surface area contributed by atoms with E-state index in [1.54, 1.807) is 37.3 Å². The molecule has 0 aliphatic heterocycles. The van der Waals surface area contributed by atoms with E-state index in [-0.39, 0.29) is 11.4 Å². The van der Waals surface area contributed by atoms with Crippen LogP contribution in [0.2, 0.25) is 5.02 Å². The summed E-state index contributed by atoms with van der Waals surface area (Å²) in [7, 11) is 0. The molecule has 1 amide bonds. The maximum atomic E-state index is 12.2. The minimum Gasteiger partial charge on any atom is -0.272 e. The van der Waals surface area contributed by atoms with Gasteiger partial charge in [0.2, 0.25) is 0 Å². The number of non-ortho nitro benzene ring substituents is 1. The molecule has 0 atom stereocenters. The predicted molar refractivity (Wildman–Crippen MR) is 102 cm³/mol. The summed E-state index contributed by atoms with van der Waals surface area (Å²) in [4.78, 5) is 22.4. The number of aromatic nitrogens is 2. The minimum absolute atomic E-state index is 0.0138. The summed E-state index contributed by atoms with van der Waals surface area (Å²) >= 11 is 6.13. The number of carbonyl (C=O) groups is 1. The number of nitrogens with one attached hydrogen (secondary N) is 2. The average molecular weight is 384 g/mol. The summed E-state index contributed by atoms with van der Waals surface area (Å²) in [6, 6.07) is 14.6. The van der Waals surface area contributed by atoms with Gasteiger partial charge in [-0.2, -0.15) is 10.2 Å². The van der Waals surface area contributed by atoms with Gasteiger partial charge in [-0.1, -0.05) is 29.8 Å². The first-order valence-corrected chi connectivity index (χ1v) is 8.23. The van der Waals surface area contributed by atoms with Gasteiger partial charge in [0.25, 0.3) is 11.6 Å². The second-order valence-electron chi connectivity index (χ2n) is 5.59. The molecule has 0 fully saturated rings. The third-order valence-corrected chi connectivity index (χ3v) is 4.12. The van der Waals surface area contributed by atoms with E-state index in [2.05, 4.69) is 20.7 Å². The summed E-state index contributed by atoms with van der Waals surface area (Å²) in [6.45, 7) is 1.68. The number of H-pyrrole nitrogens is 1. The second-order valence-corrected chi connectivity index (χ2v) is 6.00. The fourth-order valence-electron chi connectivity index (χ4n) is 2.33. The summed E-state index contributed by atoms with van der Waals surface area (Å²) in [5.41, 5.74) is 5.05. The van der Waals surface area contributed by atoms with Crippen molar-refractivity contribution in [3.8, 4) is 11.3 Å². The Labute approximate surface area is 159 Å². The molecular weight excluding hydrogens is 370 g/mol. The number of nitrogens with zero attached hydrogens (tertiary/aromatic N) is 3. The van der Waals surface area contributed by atoms with Crippen LogP contribution in [0.5, 0.6) is 0 Å². The van der Waals surface area contributed by atoms with Crippen LogP contribution in [0.1, 0.15) is 23.0 Å². The van der Waals surface area contributed by atoms with Gasteiger partial charge in [0.15, 0.2) is 0 Å². The lowest BCUT2D eigenvalue weighted by molar-refractivity contribution is -0.384. The topological polar surface area (TPSA) is 113 Å². The third kappa shape index (κ3) is 4.18. The number of benzene rings is 2. The van der Waals surface area contributed by atoms with Crippen LogP contribution in [0.3, 0.4) is 0 Å². The van der Waals surface area contributed by atoms with Crippen LogP contribution in [0.4, 0.5) is 5.69 Å². The molecule has 0 aliphatic rings. The first-order chi connectivity index (χ1) is 13.0. The van der Waals surface area contributed by atoms with Gasteiger partial charge >= 0.3 is 0 Å². The molecule has 1 heterocycles. The van der Waals surface area contributed by atoms with Crippen molar-refractivity contribution in [2.75, 3.05) is 0 Å². The molecule has 2 aromatic carbocycles. The molecule has 1 aromatic heterocycles. The first kappa shape index (κ1) is 18.3. The minimum atomic E-state index is -0.479. The van der Waals surface area contributed by atoms with Crippen LogP contribution in [0, 0.1) is 10.1 Å². The van der Waals surface area contributed by atoms with E-state index in [0.29, 0.717) is 27.6 Å². The number of nitro groups is 1. The highest BCUT2D eigenvalue weighted by Crippen LogP contribution is 2.26. The molecule has 136 valence electrons.